The molecule has 160 valence electrons. The van der Waals surface area contributed by atoms with Crippen LogP contribution in [0.1, 0.15) is 54.6 Å². The SMILES string of the molecule is CCOP(=O)(CCCC#Cc1cc(C(=O)CC(=O)C(F)(F)F)ccc1C)OCC. The third-order valence-corrected chi connectivity index (χ3v) is 5.97. The van der Waals surface area contributed by atoms with Gasteiger partial charge in [0.05, 0.1) is 25.8 Å². The van der Waals surface area contributed by atoms with Crippen molar-refractivity contribution in [3.8, 4) is 11.8 Å². The van der Waals surface area contributed by atoms with Gasteiger partial charge in [0, 0.05) is 17.5 Å². The van der Waals surface area contributed by atoms with E-state index in [1.807, 2.05) is 0 Å². The van der Waals surface area contributed by atoms with Crippen LogP contribution in [-0.2, 0) is 18.4 Å². The summed E-state index contributed by atoms with van der Waals surface area (Å²) >= 11 is 0. The summed E-state index contributed by atoms with van der Waals surface area (Å²) in [5.74, 6) is 2.76. The zero-order chi connectivity index (χ0) is 22.1. The molecule has 0 amide bonds. The van der Waals surface area contributed by atoms with Crippen LogP contribution < -0.4 is 0 Å². The summed E-state index contributed by atoms with van der Waals surface area (Å²) in [7, 11) is -3.13. The van der Waals surface area contributed by atoms with Crippen LogP contribution >= 0.6 is 7.60 Å². The quantitative estimate of drug-likeness (QED) is 0.169. The lowest BCUT2D eigenvalue weighted by Gasteiger charge is -2.15. The molecule has 0 bridgehead atoms. The van der Waals surface area contributed by atoms with Gasteiger partial charge in [0.25, 0.3) is 0 Å². The molecule has 9 heteroatoms. The first-order valence-electron chi connectivity index (χ1n) is 9.13. The molecular formula is C20H24F3O5P. The number of Topliss-reactive ketones (excluding diaryl/α,β-unsaturated/α-hetero) is 2. The summed E-state index contributed by atoms with van der Waals surface area (Å²) in [6, 6.07) is 4.31. The monoisotopic (exact) mass is 432 g/mol. The van der Waals surface area contributed by atoms with Gasteiger partial charge in [-0.3, -0.25) is 14.2 Å². The number of hydrogen-bond acceptors (Lipinski definition) is 5. The van der Waals surface area contributed by atoms with Crippen LogP contribution in [0.4, 0.5) is 13.2 Å². The van der Waals surface area contributed by atoms with Crippen LogP contribution in [0.2, 0.25) is 0 Å². The van der Waals surface area contributed by atoms with E-state index in [1.54, 1.807) is 26.8 Å². The average molecular weight is 432 g/mol. The molecule has 1 aromatic rings. The molecule has 1 rings (SSSR count). The van der Waals surface area contributed by atoms with E-state index >= 15 is 0 Å². The fourth-order valence-electron chi connectivity index (χ4n) is 2.36. The van der Waals surface area contributed by atoms with Crippen LogP contribution in [0.25, 0.3) is 0 Å². The minimum Gasteiger partial charge on any atom is -0.309 e. The summed E-state index contributed by atoms with van der Waals surface area (Å²) in [6.45, 7) is 5.76. The van der Waals surface area contributed by atoms with Gasteiger partial charge in [0.2, 0.25) is 5.78 Å². The number of carbonyl (C=O) groups is 2. The Morgan fingerprint density at radius 1 is 1.14 bits per heavy atom. The normalized spacial score (nSPS) is 11.7. The van der Waals surface area contributed by atoms with Crippen LogP contribution in [0.5, 0.6) is 0 Å². The molecule has 0 aliphatic heterocycles. The molecule has 0 aliphatic rings. The Morgan fingerprint density at radius 3 is 2.31 bits per heavy atom. The second-order valence-electron chi connectivity index (χ2n) is 6.13. The lowest BCUT2D eigenvalue weighted by Crippen LogP contribution is -2.25. The van der Waals surface area contributed by atoms with Gasteiger partial charge in [0.15, 0.2) is 5.78 Å². The number of ketones is 2. The highest BCUT2D eigenvalue weighted by molar-refractivity contribution is 7.53. The molecule has 0 saturated carbocycles. The van der Waals surface area contributed by atoms with E-state index in [0.717, 1.165) is 5.56 Å². The maximum Gasteiger partial charge on any atom is 0.450 e. The predicted octanol–water partition coefficient (Wildman–Crippen LogP) is 5.10. The van der Waals surface area contributed by atoms with Gasteiger partial charge in [-0.05, 0) is 38.8 Å². The summed E-state index contributed by atoms with van der Waals surface area (Å²) < 4.78 is 59.7. The van der Waals surface area contributed by atoms with Crippen LogP contribution in [0.3, 0.4) is 0 Å². The average Bonchev–Trinajstić information content (AvgIpc) is 2.62. The van der Waals surface area contributed by atoms with Gasteiger partial charge in [0.1, 0.15) is 0 Å². The number of carbonyl (C=O) groups excluding carboxylic acids is 2. The van der Waals surface area contributed by atoms with Crippen molar-refractivity contribution in [2.45, 2.75) is 46.2 Å². The molecular weight excluding hydrogens is 408 g/mol. The molecule has 0 heterocycles. The molecule has 0 aliphatic carbocycles. The van der Waals surface area contributed by atoms with Gasteiger partial charge in [-0.2, -0.15) is 13.2 Å². The summed E-state index contributed by atoms with van der Waals surface area (Å²) in [5.41, 5.74) is 1.22. The number of aryl methyl sites for hydroxylation is 1. The molecule has 0 unspecified atom stereocenters. The molecule has 0 N–H and O–H groups in total. The number of halogens is 3. The van der Waals surface area contributed by atoms with Crippen molar-refractivity contribution in [3.63, 3.8) is 0 Å². The molecule has 0 aromatic heterocycles. The van der Waals surface area contributed by atoms with Crippen molar-refractivity contribution >= 4 is 19.2 Å². The van der Waals surface area contributed by atoms with Gasteiger partial charge in [-0.25, -0.2) is 0 Å². The highest BCUT2D eigenvalue weighted by atomic mass is 31.2. The Kier molecular flexibility index (Phi) is 9.78. The van der Waals surface area contributed by atoms with E-state index in [2.05, 4.69) is 11.8 Å². The molecule has 5 nitrogen and oxygen atoms in total. The first-order chi connectivity index (χ1) is 13.5. The maximum absolute atomic E-state index is 12.3. The lowest BCUT2D eigenvalue weighted by molar-refractivity contribution is -0.170. The van der Waals surface area contributed by atoms with Crippen LogP contribution in [0, 0.1) is 18.8 Å². The molecule has 1 aromatic carbocycles. The van der Waals surface area contributed by atoms with Crippen molar-refractivity contribution in [1.82, 2.24) is 0 Å². The van der Waals surface area contributed by atoms with Crippen LogP contribution in [0.15, 0.2) is 18.2 Å². The number of rotatable bonds is 10. The maximum atomic E-state index is 12.3. The molecule has 0 radical (unpaired) electrons. The van der Waals surface area contributed by atoms with Gasteiger partial charge in [-0.15, -0.1) is 0 Å². The Hall–Kier alpha value is -1.94. The lowest BCUT2D eigenvalue weighted by atomic mass is 10.00. The van der Waals surface area contributed by atoms with Gasteiger partial charge < -0.3 is 9.05 Å². The van der Waals surface area contributed by atoms with E-state index < -0.39 is 31.8 Å². The number of benzene rings is 1. The standard InChI is InChI=1S/C20H24F3O5P/c1-4-27-29(26,28-5-2)12-8-6-7-9-16-13-17(11-10-15(16)3)18(24)14-19(25)20(21,22)23/h10-11,13H,4-6,8,12,14H2,1-3H3. The van der Waals surface area contributed by atoms with E-state index in [1.165, 1.54) is 12.1 Å². The topological polar surface area (TPSA) is 69.7 Å². The number of alkyl halides is 3. The predicted molar refractivity (Wildman–Crippen MR) is 103 cm³/mol. The molecule has 0 atom stereocenters. The third kappa shape index (κ3) is 8.53. The molecule has 0 fully saturated rings. The fourth-order valence-corrected chi connectivity index (χ4v) is 4.02. The summed E-state index contributed by atoms with van der Waals surface area (Å²) in [5, 5.41) is 0. The third-order valence-electron chi connectivity index (χ3n) is 3.81. The largest absolute Gasteiger partial charge is 0.450 e. The van der Waals surface area contributed by atoms with Gasteiger partial charge in [-0.1, -0.05) is 24.0 Å². The Morgan fingerprint density at radius 2 is 1.76 bits per heavy atom. The van der Waals surface area contributed by atoms with Crippen LogP contribution in [-0.4, -0.2) is 37.1 Å². The first kappa shape index (κ1) is 25.1. The van der Waals surface area contributed by atoms with Crippen molar-refractivity contribution in [1.29, 1.82) is 0 Å². The Labute approximate surface area is 168 Å². The van der Waals surface area contributed by atoms with Crippen molar-refractivity contribution in [3.05, 3.63) is 34.9 Å². The second-order valence-corrected chi connectivity index (χ2v) is 8.31. The molecule has 0 spiro atoms. The second kappa shape index (κ2) is 11.3. The van der Waals surface area contributed by atoms with Crippen molar-refractivity contribution in [2.75, 3.05) is 19.4 Å². The van der Waals surface area contributed by atoms with E-state index in [4.69, 9.17) is 9.05 Å². The minimum atomic E-state index is -5.04. The molecule has 0 saturated heterocycles. The summed E-state index contributed by atoms with van der Waals surface area (Å²) in [6.07, 6.45) is -5.17. The van der Waals surface area contributed by atoms with Crippen molar-refractivity contribution in [2.24, 2.45) is 0 Å². The van der Waals surface area contributed by atoms with Gasteiger partial charge >= 0.3 is 13.8 Å². The van der Waals surface area contributed by atoms with E-state index in [-0.39, 0.29) is 24.9 Å². The smallest absolute Gasteiger partial charge is 0.309 e. The first-order valence-corrected chi connectivity index (χ1v) is 10.9. The zero-order valence-corrected chi connectivity index (χ0v) is 17.5. The van der Waals surface area contributed by atoms with E-state index in [0.29, 0.717) is 18.4 Å². The zero-order valence-electron chi connectivity index (χ0n) is 16.6. The Balaban J connectivity index is 2.77. The Bertz CT molecular complexity index is 827. The number of unbranched alkanes of at least 4 members (excludes halogenated alkanes) is 1. The highest BCUT2D eigenvalue weighted by Crippen LogP contribution is 2.48. The molecule has 29 heavy (non-hydrogen) atoms. The van der Waals surface area contributed by atoms with E-state index in [9.17, 15) is 27.3 Å². The summed E-state index contributed by atoms with van der Waals surface area (Å²) in [4.78, 5) is 22.9. The highest BCUT2D eigenvalue weighted by Gasteiger charge is 2.39. The minimum absolute atomic E-state index is 0.00491. The fraction of sp³-hybridized carbons (Fsp3) is 0.500. The van der Waals surface area contributed by atoms with Crippen molar-refractivity contribution < 1.29 is 36.4 Å². The number of hydrogen-bond donors (Lipinski definition) is 0.